The Kier molecular flexibility index (Phi) is 2.99. The molecule has 0 fully saturated rings. The second kappa shape index (κ2) is 4.54. The van der Waals surface area contributed by atoms with Crippen molar-refractivity contribution in [3.63, 3.8) is 0 Å². The maximum absolute atomic E-state index is 13.7. The highest BCUT2D eigenvalue weighted by Gasteiger charge is 2.09. The number of aryl methyl sites for hydroxylation is 1. The minimum atomic E-state index is -0.258. The number of H-pyrrole nitrogens is 1. The van der Waals surface area contributed by atoms with Gasteiger partial charge in [0.05, 0.1) is 11.2 Å². The van der Waals surface area contributed by atoms with E-state index in [9.17, 15) is 4.39 Å². The molecule has 96 valence electrons. The third kappa shape index (κ3) is 2.11. The monoisotopic (exact) mass is 337 g/mol. The van der Waals surface area contributed by atoms with Gasteiger partial charge in [0.1, 0.15) is 5.82 Å². The molecular formula is C13H9BrFN3S. The average molecular weight is 338 g/mol. The molecule has 0 spiro atoms. The van der Waals surface area contributed by atoms with Gasteiger partial charge in [-0.2, -0.15) is 0 Å². The van der Waals surface area contributed by atoms with Gasteiger partial charge in [-0.15, -0.1) is 0 Å². The molecule has 3 rings (SSSR count). The summed E-state index contributed by atoms with van der Waals surface area (Å²) in [6.07, 6.45) is 1.69. The normalized spacial score (nSPS) is 11.1. The van der Waals surface area contributed by atoms with Crippen molar-refractivity contribution >= 4 is 39.3 Å². The predicted molar refractivity (Wildman–Crippen MR) is 78.6 cm³/mol. The summed E-state index contributed by atoms with van der Waals surface area (Å²) in [5.74, 6) is -0.258. The van der Waals surface area contributed by atoms with Crippen LogP contribution >= 0.6 is 28.1 Å². The first-order valence-corrected chi connectivity index (χ1v) is 6.79. The van der Waals surface area contributed by atoms with Gasteiger partial charge in [0.2, 0.25) is 0 Å². The highest BCUT2D eigenvalue weighted by molar-refractivity contribution is 9.10. The lowest BCUT2D eigenvalue weighted by molar-refractivity contribution is 0.617. The Labute approximate surface area is 122 Å². The molecule has 0 saturated carbocycles. The minimum Gasteiger partial charge on any atom is -0.329 e. The number of rotatable bonds is 1. The van der Waals surface area contributed by atoms with Gasteiger partial charge in [-0.1, -0.05) is 6.07 Å². The highest BCUT2D eigenvalue weighted by atomic mass is 79.9. The third-order valence-corrected chi connectivity index (χ3v) is 3.62. The number of halogens is 2. The fourth-order valence-electron chi connectivity index (χ4n) is 1.93. The Bertz CT molecular complexity index is 838. The van der Waals surface area contributed by atoms with E-state index in [1.54, 1.807) is 23.8 Å². The molecule has 6 heteroatoms. The number of nitrogens with one attached hydrogen (secondary N) is 1. The number of aromatic amines is 1. The number of fused-ring (bicyclic) bond motifs is 1. The van der Waals surface area contributed by atoms with Gasteiger partial charge in [-0.05, 0) is 58.8 Å². The van der Waals surface area contributed by atoms with E-state index >= 15 is 0 Å². The summed E-state index contributed by atoms with van der Waals surface area (Å²) in [6, 6.07) is 6.90. The maximum atomic E-state index is 13.7. The number of pyridine rings is 1. The molecule has 1 N–H and O–H groups in total. The van der Waals surface area contributed by atoms with Gasteiger partial charge in [0.25, 0.3) is 0 Å². The Hall–Kier alpha value is -1.53. The Balaban J connectivity index is 2.32. The molecule has 3 nitrogen and oxygen atoms in total. The van der Waals surface area contributed by atoms with Crippen LogP contribution < -0.4 is 0 Å². The van der Waals surface area contributed by atoms with Crippen LogP contribution in [0.3, 0.4) is 0 Å². The molecule has 0 unspecified atom stereocenters. The van der Waals surface area contributed by atoms with Crippen LogP contribution in [0.15, 0.2) is 34.9 Å². The van der Waals surface area contributed by atoms with E-state index in [1.807, 2.05) is 12.1 Å². The number of imidazole rings is 1. The van der Waals surface area contributed by atoms with Crippen LogP contribution in [0.5, 0.6) is 0 Å². The van der Waals surface area contributed by atoms with Crippen LogP contribution in [0.1, 0.15) is 5.56 Å². The van der Waals surface area contributed by atoms with E-state index in [0.29, 0.717) is 21.7 Å². The molecule has 0 radical (unpaired) electrons. The largest absolute Gasteiger partial charge is 0.329 e. The molecule has 2 aromatic heterocycles. The molecule has 0 aliphatic rings. The lowest BCUT2D eigenvalue weighted by atomic mass is 10.2. The van der Waals surface area contributed by atoms with Crippen molar-refractivity contribution in [2.45, 2.75) is 6.92 Å². The molecule has 0 aliphatic carbocycles. The molecule has 0 bridgehead atoms. The van der Waals surface area contributed by atoms with Crippen molar-refractivity contribution in [2.75, 3.05) is 0 Å². The fraction of sp³-hybridized carbons (Fsp3) is 0.0769. The van der Waals surface area contributed by atoms with E-state index in [0.717, 1.165) is 9.99 Å². The van der Waals surface area contributed by atoms with E-state index < -0.39 is 0 Å². The van der Waals surface area contributed by atoms with Crippen LogP contribution in [0.25, 0.3) is 16.9 Å². The number of aromatic nitrogens is 3. The van der Waals surface area contributed by atoms with Crippen LogP contribution in [0.4, 0.5) is 4.39 Å². The zero-order chi connectivity index (χ0) is 13.6. The average Bonchev–Trinajstić information content (AvgIpc) is 2.68. The molecule has 0 aliphatic heterocycles. The summed E-state index contributed by atoms with van der Waals surface area (Å²) in [5, 5.41) is 0. The molecule has 0 atom stereocenters. The number of benzene rings is 1. The second-order valence-corrected chi connectivity index (χ2v) is 5.53. The fourth-order valence-corrected chi connectivity index (χ4v) is 2.56. The summed E-state index contributed by atoms with van der Waals surface area (Å²) in [5.41, 5.74) is 2.75. The van der Waals surface area contributed by atoms with Gasteiger partial charge in [-0.25, -0.2) is 9.37 Å². The Morgan fingerprint density at radius 2 is 2.16 bits per heavy atom. The van der Waals surface area contributed by atoms with Crippen LogP contribution in [0.2, 0.25) is 0 Å². The van der Waals surface area contributed by atoms with Gasteiger partial charge in [-0.3, -0.25) is 4.57 Å². The quantitative estimate of drug-likeness (QED) is 0.672. The standard InChI is InChI=1S/C13H9BrFN3S/c1-7-2-3-9(5-10(7)15)18-12-11(17-13(18)19)4-8(14)6-16-12/h2-6H,1H3,(H,17,19). The zero-order valence-electron chi connectivity index (χ0n) is 9.95. The van der Waals surface area contributed by atoms with Crippen molar-refractivity contribution in [3.8, 4) is 5.69 Å². The summed E-state index contributed by atoms with van der Waals surface area (Å²) in [6.45, 7) is 1.73. The Morgan fingerprint density at radius 3 is 2.89 bits per heavy atom. The zero-order valence-corrected chi connectivity index (χ0v) is 12.3. The molecule has 2 heterocycles. The lowest BCUT2D eigenvalue weighted by Gasteiger charge is -2.05. The SMILES string of the molecule is Cc1ccc(-n2c(=S)[nH]c3cc(Br)cnc32)cc1F. The minimum absolute atomic E-state index is 0.258. The number of nitrogens with zero attached hydrogens (tertiary/aromatic N) is 2. The molecule has 0 amide bonds. The summed E-state index contributed by atoms with van der Waals surface area (Å²) < 4.78 is 16.8. The summed E-state index contributed by atoms with van der Waals surface area (Å²) in [4.78, 5) is 7.39. The maximum Gasteiger partial charge on any atom is 0.184 e. The van der Waals surface area contributed by atoms with Crippen molar-refractivity contribution < 1.29 is 4.39 Å². The van der Waals surface area contributed by atoms with Crippen molar-refractivity contribution in [2.24, 2.45) is 0 Å². The van der Waals surface area contributed by atoms with Gasteiger partial charge in [0, 0.05) is 10.7 Å². The molecule has 0 saturated heterocycles. The van der Waals surface area contributed by atoms with Crippen molar-refractivity contribution in [1.29, 1.82) is 0 Å². The van der Waals surface area contributed by atoms with Gasteiger partial charge >= 0.3 is 0 Å². The van der Waals surface area contributed by atoms with Gasteiger partial charge < -0.3 is 4.98 Å². The van der Waals surface area contributed by atoms with E-state index in [1.165, 1.54) is 6.07 Å². The first-order valence-electron chi connectivity index (χ1n) is 5.59. The first-order chi connectivity index (χ1) is 9.06. The van der Waals surface area contributed by atoms with E-state index in [-0.39, 0.29) is 5.82 Å². The smallest absolute Gasteiger partial charge is 0.184 e. The van der Waals surface area contributed by atoms with Crippen molar-refractivity contribution in [3.05, 3.63) is 51.1 Å². The van der Waals surface area contributed by atoms with E-state index in [4.69, 9.17) is 12.2 Å². The van der Waals surface area contributed by atoms with Crippen molar-refractivity contribution in [1.82, 2.24) is 14.5 Å². The molecule has 1 aromatic carbocycles. The van der Waals surface area contributed by atoms with Crippen LogP contribution in [-0.4, -0.2) is 14.5 Å². The molecular weight excluding hydrogens is 329 g/mol. The second-order valence-electron chi connectivity index (χ2n) is 4.22. The van der Waals surface area contributed by atoms with Crippen LogP contribution in [0, 0.1) is 17.5 Å². The number of hydrogen-bond acceptors (Lipinski definition) is 2. The highest BCUT2D eigenvalue weighted by Crippen LogP contribution is 2.21. The Morgan fingerprint density at radius 1 is 1.37 bits per heavy atom. The lowest BCUT2D eigenvalue weighted by Crippen LogP contribution is -1.97. The van der Waals surface area contributed by atoms with Crippen LogP contribution in [-0.2, 0) is 0 Å². The molecule has 19 heavy (non-hydrogen) atoms. The predicted octanol–water partition coefficient (Wildman–Crippen LogP) is 4.29. The third-order valence-electron chi connectivity index (χ3n) is 2.90. The number of hydrogen-bond donors (Lipinski definition) is 1. The first kappa shape index (κ1) is 12.5. The summed E-state index contributed by atoms with van der Waals surface area (Å²) >= 11 is 8.64. The topological polar surface area (TPSA) is 33.6 Å². The van der Waals surface area contributed by atoms with E-state index in [2.05, 4.69) is 25.9 Å². The summed E-state index contributed by atoms with van der Waals surface area (Å²) in [7, 11) is 0. The van der Waals surface area contributed by atoms with Gasteiger partial charge in [0.15, 0.2) is 10.4 Å². The molecule has 3 aromatic rings.